The number of sulfonamides is 1. The van der Waals surface area contributed by atoms with Gasteiger partial charge in [-0.2, -0.15) is 4.72 Å². The third kappa shape index (κ3) is 3.41. The topological polar surface area (TPSA) is 105 Å². The van der Waals surface area contributed by atoms with Crippen molar-refractivity contribution < 1.29 is 13.6 Å². The van der Waals surface area contributed by atoms with Gasteiger partial charge >= 0.3 is 0 Å². The van der Waals surface area contributed by atoms with Crippen LogP contribution in [-0.4, -0.2) is 25.0 Å². The van der Waals surface area contributed by atoms with Gasteiger partial charge in [0.1, 0.15) is 4.21 Å². The lowest BCUT2D eigenvalue weighted by atomic mass is 9.82. The minimum Gasteiger partial charge on any atom is -0.409 e. The number of oxime groups is 1. The highest BCUT2D eigenvalue weighted by atomic mass is 79.9. The van der Waals surface area contributed by atoms with Crippen molar-refractivity contribution in [1.29, 1.82) is 0 Å². The summed E-state index contributed by atoms with van der Waals surface area (Å²) in [6, 6.07) is 1.61. The molecule has 0 unspecified atom stereocenters. The van der Waals surface area contributed by atoms with Gasteiger partial charge in [-0.25, -0.2) is 8.42 Å². The standard InChI is InChI=1S/C12H18BrN3O3S2/c1-8-7-9(20-10(8)13)21(18,19)16-12(11(14)15-17)5-3-2-4-6-12/h7,16-17H,2-6H2,1H3,(H2,14,15). The van der Waals surface area contributed by atoms with Crippen LogP contribution in [0.3, 0.4) is 0 Å². The number of nitrogens with two attached hydrogens (primary N) is 1. The molecule has 9 heteroatoms. The van der Waals surface area contributed by atoms with Crippen molar-refractivity contribution in [3.05, 3.63) is 15.4 Å². The smallest absolute Gasteiger partial charge is 0.251 e. The van der Waals surface area contributed by atoms with Crippen LogP contribution < -0.4 is 10.5 Å². The summed E-state index contributed by atoms with van der Waals surface area (Å²) in [7, 11) is -3.71. The van der Waals surface area contributed by atoms with Gasteiger partial charge < -0.3 is 10.9 Å². The van der Waals surface area contributed by atoms with Crippen LogP contribution in [0, 0.1) is 6.92 Å². The fourth-order valence-electron chi connectivity index (χ4n) is 2.53. The van der Waals surface area contributed by atoms with Crippen molar-refractivity contribution in [3.63, 3.8) is 0 Å². The van der Waals surface area contributed by atoms with Gasteiger partial charge in [0.25, 0.3) is 10.0 Å². The van der Waals surface area contributed by atoms with E-state index in [1.54, 1.807) is 6.07 Å². The summed E-state index contributed by atoms with van der Waals surface area (Å²) < 4.78 is 28.8. The Labute approximate surface area is 136 Å². The number of thiophene rings is 1. The number of hydrogen-bond donors (Lipinski definition) is 3. The Kier molecular flexibility index (Phi) is 4.96. The number of rotatable bonds is 4. The van der Waals surface area contributed by atoms with E-state index in [2.05, 4.69) is 25.8 Å². The third-order valence-corrected chi connectivity index (χ3v) is 7.88. The maximum Gasteiger partial charge on any atom is 0.251 e. The first-order valence-electron chi connectivity index (χ1n) is 6.59. The third-order valence-electron chi connectivity index (χ3n) is 3.73. The molecule has 0 amide bonds. The number of hydrogen-bond acceptors (Lipinski definition) is 5. The van der Waals surface area contributed by atoms with E-state index in [1.165, 1.54) is 0 Å². The second kappa shape index (κ2) is 6.23. The van der Waals surface area contributed by atoms with E-state index >= 15 is 0 Å². The predicted octanol–water partition coefficient (Wildman–Crippen LogP) is 2.55. The molecule has 0 radical (unpaired) electrons. The molecular formula is C12H18BrN3O3S2. The minimum atomic E-state index is -3.71. The van der Waals surface area contributed by atoms with Crippen molar-refractivity contribution >= 4 is 43.1 Å². The first kappa shape index (κ1) is 16.7. The van der Waals surface area contributed by atoms with Crippen LogP contribution >= 0.6 is 27.3 Å². The molecule has 0 aliphatic heterocycles. The maximum absolute atomic E-state index is 12.6. The number of halogens is 1. The van der Waals surface area contributed by atoms with Crippen LogP contribution in [0.25, 0.3) is 0 Å². The van der Waals surface area contributed by atoms with E-state index < -0.39 is 15.6 Å². The Morgan fingerprint density at radius 3 is 2.57 bits per heavy atom. The monoisotopic (exact) mass is 395 g/mol. The molecule has 4 N–H and O–H groups in total. The average Bonchev–Trinajstić information content (AvgIpc) is 2.79. The lowest BCUT2D eigenvalue weighted by Crippen LogP contribution is -2.58. The van der Waals surface area contributed by atoms with Gasteiger partial charge in [0, 0.05) is 0 Å². The molecule has 0 saturated heterocycles. The molecule has 2 rings (SSSR count). The molecule has 1 heterocycles. The Morgan fingerprint density at radius 2 is 2.10 bits per heavy atom. The summed E-state index contributed by atoms with van der Waals surface area (Å²) in [4.78, 5) is 0. The largest absolute Gasteiger partial charge is 0.409 e. The lowest BCUT2D eigenvalue weighted by molar-refractivity contribution is 0.294. The first-order chi connectivity index (χ1) is 9.81. The molecule has 0 spiro atoms. The summed E-state index contributed by atoms with van der Waals surface area (Å²) in [5.74, 6) is -0.0712. The molecule has 1 fully saturated rings. The van der Waals surface area contributed by atoms with E-state index in [9.17, 15) is 8.42 Å². The first-order valence-corrected chi connectivity index (χ1v) is 9.68. The minimum absolute atomic E-state index is 0.0712. The number of nitrogens with zero attached hydrogens (tertiary/aromatic N) is 1. The molecule has 1 aromatic heterocycles. The highest BCUT2D eigenvalue weighted by Gasteiger charge is 2.41. The second-order valence-corrected chi connectivity index (χ2v) is 9.53. The molecule has 1 saturated carbocycles. The van der Waals surface area contributed by atoms with Crippen molar-refractivity contribution in [3.8, 4) is 0 Å². The Balaban J connectivity index is 2.35. The maximum atomic E-state index is 12.6. The van der Waals surface area contributed by atoms with Crippen LogP contribution in [0.15, 0.2) is 19.2 Å². The summed E-state index contributed by atoms with van der Waals surface area (Å²) in [6.07, 6.45) is 3.77. The van der Waals surface area contributed by atoms with E-state index in [4.69, 9.17) is 10.9 Å². The molecule has 0 bridgehead atoms. The van der Waals surface area contributed by atoms with Gasteiger partial charge in [0.05, 0.1) is 9.33 Å². The predicted molar refractivity (Wildman–Crippen MR) is 86.3 cm³/mol. The zero-order chi connectivity index (χ0) is 15.7. The fourth-order valence-corrected chi connectivity index (χ4v) is 6.19. The van der Waals surface area contributed by atoms with E-state index in [0.29, 0.717) is 12.8 Å². The fraction of sp³-hybridized carbons (Fsp3) is 0.583. The molecule has 0 atom stereocenters. The van der Waals surface area contributed by atoms with Gasteiger partial charge in [-0.05, 0) is 47.3 Å². The van der Waals surface area contributed by atoms with Gasteiger partial charge in [-0.3, -0.25) is 0 Å². The molecule has 118 valence electrons. The van der Waals surface area contributed by atoms with Crippen molar-refractivity contribution in [2.45, 2.75) is 48.8 Å². The van der Waals surface area contributed by atoms with Crippen LogP contribution in [0.4, 0.5) is 0 Å². The summed E-state index contributed by atoms with van der Waals surface area (Å²) in [6.45, 7) is 1.83. The highest BCUT2D eigenvalue weighted by molar-refractivity contribution is 9.11. The Bertz CT molecular complexity index is 629. The van der Waals surface area contributed by atoms with Crippen molar-refractivity contribution in [2.75, 3.05) is 0 Å². The average molecular weight is 396 g/mol. The molecule has 1 aliphatic carbocycles. The normalized spacial score (nSPS) is 19.6. The summed E-state index contributed by atoms with van der Waals surface area (Å²) in [5, 5.41) is 12.0. The Hall–Kier alpha value is -0.640. The molecule has 21 heavy (non-hydrogen) atoms. The summed E-state index contributed by atoms with van der Waals surface area (Å²) >= 11 is 4.48. The zero-order valence-electron chi connectivity index (χ0n) is 11.6. The van der Waals surface area contributed by atoms with Crippen molar-refractivity contribution in [1.82, 2.24) is 4.72 Å². The zero-order valence-corrected chi connectivity index (χ0v) is 14.8. The lowest BCUT2D eigenvalue weighted by Gasteiger charge is -2.36. The number of aryl methyl sites for hydroxylation is 1. The molecular weight excluding hydrogens is 378 g/mol. The molecule has 0 aromatic carbocycles. The highest BCUT2D eigenvalue weighted by Crippen LogP contribution is 2.34. The van der Waals surface area contributed by atoms with Gasteiger partial charge in [0.2, 0.25) is 0 Å². The van der Waals surface area contributed by atoms with Crippen molar-refractivity contribution in [2.24, 2.45) is 10.9 Å². The Morgan fingerprint density at radius 1 is 1.48 bits per heavy atom. The number of nitrogens with one attached hydrogen (secondary N) is 1. The van der Waals surface area contributed by atoms with Gasteiger partial charge in [-0.1, -0.05) is 24.4 Å². The molecule has 6 nitrogen and oxygen atoms in total. The SMILES string of the molecule is Cc1cc(S(=O)(=O)NC2(/C(N)=N/O)CCCCC2)sc1Br. The van der Waals surface area contributed by atoms with Gasteiger partial charge in [-0.15, -0.1) is 11.3 Å². The number of amidine groups is 1. The van der Waals surface area contributed by atoms with Crippen LogP contribution in [-0.2, 0) is 10.0 Å². The van der Waals surface area contributed by atoms with Crippen LogP contribution in [0.2, 0.25) is 0 Å². The van der Waals surface area contributed by atoms with Crippen LogP contribution in [0.1, 0.15) is 37.7 Å². The van der Waals surface area contributed by atoms with E-state index in [1.807, 2.05) is 6.92 Å². The summed E-state index contributed by atoms with van der Waals surface area (Å²) in [5.41, 5.74) is 5.64. The molecule has 1 aliphatic rings. The van der Waals surface area contributed by atoms with E-state index in [0.717, 1.165) is 39.9 Å². The van der Waals surface area contributed by atoms with E-state index in [-0.39, 0.29) is 10.0 Å². The van der Waals surface area contributed by atoms with Gasteiger partial charge in [0.15, 0.2) is 5.84 Å². The van der Waals surface area contributed by atoms with Crippen LogP contribution in [0.5, 0.6) is 0 Å². The quantitative estimate of drug-likeness (QED) is 0.315. The second-order valence-electron chi connectivity index (χ2n) is 5.26. The molecule has 1 aromatic rings.